The van der Waals surface area contributed by atoms with E-state index in [0.717, 1.165) is 29.5 Å². The first-order valence-corrected chi connectivity index (χ1v) is 13.9. The molecule has 4 rings (SSSR count). The molecule has 0 unspecified atom stereocenters. The van der Waals surface area contributed by atoms with E-state index in [1.807, 2.05) is 55.5 Å². The highest BCUT2D eigenvalue weighted by Gasteiger charge is 2.61. The number of furan rings is 1. The topological polar surface area (TPSA) is 69.0 Å². The van der Waals surface area contributed by atoms with Crippen molar-refractivity contribution in [2.24, 2.45) is 0 Å². The smallest absolute Gasteiger partial charge is 0.270 e. The predicted molar refractivity (Wildman–Crippen MR) is 123 cm³/mol. The van der Waals surface area contributed by atoms with Crippen molar-refractivity contribution in [1.29, 1.82) is 0 Å². The minimum absolute atomic E-state index is 0.0533. The van der Waals surface area contributed by atoms with Crippen molar-refractivity contribution in [3.63, 3.8) is 0 Å². The number of ether oxygens (including phenoxy) is 1. The highest BCUT2D eigenvalue weighted by molar-refractivity contribution is 6.73. The van der Waals surface area contributed by atoms with Gasteiger partial charge in [-0.05, 0) is 48.8 Å². The molecule has 7 heteroatoms. The van der Waals surface area contributed by atoms with Gasteiger partial charge in [-0.25, -0.2) is 0 Å². The van der Waals surface area contributed by atoms with Crippen LogP contribution >= 0.6 is 0 Å². The van der Waals surface area contributed by atoms with Gasteiger partial charge in [0.15, 0.2) is 0 Å². The number of imide groups is 1. The van der Waals surface area contributed by atoms with Gasteiger partial charge < -0.3 is 13.6 Å². The number of benzene rings is 1. The second kappa shape index (κ2) is 8.71. The number of aryl methyl sites for hydroxylation is 1. The molecule has 0 N–H and O–H groups in total. The van der Waals surface area contributed by atoms with Crippen LogP contribution in [0, 0.1) is 6.92 Å². The molecule has 1 saturated heterocycles. The summed E-state index contributed by atoms with van der Waals surface area (Å²) in [4.78, 5) is 28.1. The fraction of sp³-hybridized carbons (Fsp3) is 0.440. The number of carbonyl (C=O) groups excluding carboxylic acids is 2. The van der Waals surface area contributed by atoms with E-state index in [-0.39, 0.29) is 24.8 Å². The Kier molecular flexibility index (Phi) is 6.14. The summed E-state index contributed by atoms with van der Waals surface area (Å²) in [7, 11) is -2.11. The average Bonchev–Trinajstić information content (AvgIpc) is 3.46. The summed E-state index contributed by atoms with van der Waals surface area (Å²) < 4.78 is 18.8. The molecule has 32 heavy (non-hydrogen) atoms. The summed E-state index contributed by atoms with van der Waals surface area (Å²) in [6.45, 7) is 8.50. The Morgan fingerprint density at radius 2 is 1.75 bits per heavy atom. The minimum Gasteiger partial charge on any atom is -0.544 e. The number of carbonyl (C=O) groups is 2. The van der Waals surface area contributed by atoms with E-state index in [1.54, 1.807) is 0 Å². The predicted octanol–water partition coefficient (Wildman–Crippen LogP) is 5.26. The molecule has 0 radical (unpaired) electrons. The second-order valence-electron chi connectivity index (χ2n) is 8.64. The van der Waals surface area contributed by atoms with Gasteiger partial charge in [-0.1, -0.05) is 51.1 Å². The Morgan fingerprint density at radius 1 is 1.06 bits per heavy atom. The SMILES string of the molecule is CC[Si](CC)(CC)OC1=C[C@H](c2ccc(C)o2)O[C@]12CC(=O)N(Cc1ccccc1)C2=O. The molecule has 1 aromatic carbocycles. The number of nitrogens with zero attached hydrogens (tertiary/aromatic N) is 1. The highest BCUT2D eigenvalue weighted by atomic mass is 28.4. The molecule has 1 aromatic heterocycles. The number of hydrogen-bond donors (Lipinski definition) is 0. The van der Waals surface area contributed by atoms with Gasteiger partial charge in [0.2, 0.25) is 19.8 Å². The Labute approximate surface area is 190 Å². The van der Waals surface area contributed by atoms with E-state index < -0.39 is 20.0 Å². The quantitative estimate of drug-likeness (QED) is 0.403. The molecular formula is C25H31NO5Si. The molecule has 1 spiro atoms. The Morgan fingerprint density at radius 3 is 2.34 bits per heavy atom. The van der Waals surface area contributed by atoms with Crippen LogP contribution in [0.5, 0.6) is 0 Å². The third kappa shape index (κ3) is 3.84. The first-order valence-electron chi connectivity index (χ1n) is 11.4. The summed E-state index contributed by atoms with van der Waals surface area (Å²) in [5, 5.41) is 0. The van der Waals surface area contributed by atoms with Crippen molar-refractivity contribution in [1.82, 2.24) is 4.90 Å². The summed E-state index contributed by atoms with van der Waals surface area (Å²) >= 11 is 0. The number of hydrogen-bond acceptors (Lipinski definition) is 5. The molecule has 170 valence electrons. The summed E-state index contributed by atoms with van der Waals surface area (Å²) in [6.07, 6.45) is 1.23. The third-order valence-corrected chi connectivity index (χ3v) is 11.3. The Hall–Kier alpha value is -2.64. The summed E-state index contributed by atoms with van der Waals surface area (Å²) in [5.74, 6) is 1.26. The first kappa shape index (κ1) is 22.5. The molecule has 2 aromatic rings. The number of likely N-dealkylation sites (tertiary alicyclic amines) is 1. The molecule has 0 bridgehead atoms. The van der Waals surface area contributed by atoms with E-state index in [2.05, 4.69) is 20.8 Å². The van der Waals surface area contributed by atoms with Gasteiger partial charge in [-0.3, -0.25) is 14.5 Å². The molecule has 1 fully saturated rings. The number of amides is 2. The van der Waals surface area contributed by atoms with Gasteiger partial charge in [0.05, 0.1) is 13.0 Å². The van der Waals surface area contributed by atoms with E-state index in [9.17, 15) is 9.59 Å². The molecular weight excluding hydrogens is 422 g/mol. The first-order chi connectivity index (χ1) is 15.4. The standard InChI is InChI=1S/C25H31NO5Si/c1-5-32(6-2,7-3)31-22-15-21(20-14-13-18(4)29-20)30-25(22)16-23(27)26(24(25)28)17-19-11-9-8-10-12-19/h8-15,21H,5-7,16-17H2,1-4H3/t21-,25-/m1/s1. The fourth-order valence-corrected chi connectivity index (χ4v) is 7.20. The van der Waals surface area contributed by atoms with Crippen LogP contribution in [0.25, 0.3) is 0 Å². The molecule has 2 atom stereocenters. The zero-order chi connectivity index (χ0) is 22.9. The van der Waals surface area contributed by atoms with Crippen molar-refractivity contribution >= 4 is 20.1 Å². The lowest BCUT2D eigenvalue weighted by Crippen LogP contribution is -2.46. The van der Waals surface area contributed by atoms with E-state index >= 15 is 0 Å². The zero-order valence-corrected chi connectivity index (χ0v) is 20.2. The van der Waals surface area contributed by atoms with Gasteiger partial charge in [0.25, 0.3) is 5.91 Å². The van der Waals surface area contributed by atoms with E-state index in [4.69, 9.17) is 13.6 Å². The normalized spacial score (nSPS) is 23.3. The van der Waals surface area contributed by atoms with Crippen LogP contribution < -0.4 is 0 Å². The van der Waals surface area contributed by atoms with Crippen molar-refractivity contribution in [2.75, 3.05) is 0 Å². The van der Waals surface area contributed by atoms with Gasteiger partial charge in [-0.2, -0.15) is 0 Å². The van der Waals surface area contributed by atoms with Crippen molar-refractivity contribution in [2.45, 2.75) is 70.5 Å². The van der Waals surface area contributed by atoms with Crippen LogP contribution in [0.15, 0.2) is 58.7 Å². The van der Waals surface area contributed by atoms with Crippen LogP contribution in [0.2, 0.25) is 18.1 Å². The largest absolute Gasteiger partial charge is 0.544 e. The number of rotatable bonds is 8. The Balaban J connectivity index is 1.70. The molecule has 2 amide bonds. The van der Waals surface area contributed by atoms with Crippen molar-refractivity contribution in [3.05, 3.63) is 71.4 Å². The van der Waals surface area contributed by atoms with Crippen LogP contribution in [-0.2, 0) is 25.3 Å². The molecule has 6 nitrogen and oxygen atoms in total. The molecule has 0 aliphatic carbocycles. The van der Waals surface area contributed by atoms with Gasteiger partial charge in [0.1, 0.15) is 23.4 Å². The van der Waals surface area contributed by atoms with Crippen LogP contribution in [0.1, 0.15) is 50.4 Å². The Bertz CT molecular complexity index is 1020. The lowest BCUT2D eigenvalue weighted by Gasteiger charge is -2.34. The third-order valence-electron chi connectivity index (χ3n) is 6.81. The minimum atomic E-state index is -2.11. The van der Waals surface area contributed by atoms with Gasteiger partial charge in [0, 0.05) is 0 Å². The monoisotopic (exact) mass is 453 g/mol. The second-order valence-corrected chi connectivity index (χ2v) is 13.3. The molecule has 2 aliphatic rings. The zero-order valence-electron chi connectivity index (χ0n) is 19.2. The summed E-state index contributed by atoms with van der Waals surface area (Å²) in [6, 6.07) is 16.0. The molecule has 0 saturated carbocycles. The molecule has 3 heterocycles. The molecule has 2 aliphatic heterocycles. The van der Waals surface area contributed by atoms with Crippen molar-refractivity contribution < 1.29 is 23.2 Å². The van der Waals surface area contributed by atoms with Crippen LogP contribution in [0.3, 0.4) is 0 Å². The average molecular weight is 454 g/mol. The maximum absolute atomic E-state index is 13.7. The van der Waals surface area contributed by atoms with Gasteiger partial charge in [-0.15, -0.1) is 0 Å². The summed E-state index contributed by atoms with van der Waals surface area (Å²) in [5.41, 5.74) is -0.525. The van der Waals surface area contributed by atoms with E-state index in [1.165, 1.54) is 4.90 Å². The fourth-order valence-electron chi connectivity index (χ4n) is 4.57. The van der Waals surface area contributed by atoms with Crippen molar-refractivity contribution in [3.8, 4) is 0 Å². The lowest BCUT2D eigenvalue weighted by molar-refractivity contribution is -0.150. The maximum atomic E-state index is 13.7. The van der Waals surface area contributed by atoms with Crippen LogP contribution in [0.4, 0.5) is 0 Å². The maximum Gasteiger partial charge on any atom is 0.270 e. The highest BCUT2D eigenvalue weighted by Crippen LogP contribution is 2.48. The van der Waals surface area contributed by atoms with Crippen LogP contribution in [-0.4, -0.2) is 30.6 Å². The van der Waals surface area contributed by atoms with Gasteiger partial charge >= 0.3 is 0 Å². The van der Waals surface area contributed by atoms with E-state index in [0.29, 0.717) is 11.5 Å². The lowest BCUT2D eigenvalue weighted by atomic mass is 10.0.